The topological polar surface area (TPSA) is 66.7 Å². The second kappa shape index (κ2) is 4.03. The van der Waals surface area contributed by atoms with Crippen molar-refractivity contribution in [2.45, 2.75) is 6.54 Å². The molecule has 0 atom stereocenters. The molecule has 3 rings (SSSR count). The van der Waals surface area contributed by atoms with Gasteiger partial charge in [0.2, 0.25) is 0 Å². The molecular weight excluding hydrogens is 216 g/mol. The predicted octanol–water partition coefficient (Wildman–Crippen LogP) is 1.42. The number of aliphatic hydroxyl groups is 1. The van der Waals surface area contributed by atoms with Gasteiger partial charge in [-0.15, -0.1) is 0 Å². The van der Waals surface area contributed by atoms with Gasteiger partial charge in [-0.05, 0) is 12.1 Å². The molecule has 5 heteroatoms. The summed E-state index contributed by atoms with van der Waals surface area (Å²) in [7, 11) is 0. The minimum Gasteiger partial charge on any atom is -0.394 e. The van der Waals surface area contributed by atoms with Crippen LogP contribution in [0, 0.1) is 0 Å². The van der Waals surface area contributed by atoms with Gasteiger partial charge >= 0.3 is 0 Å². The molecule has 0 saturated carbocycles. The third-order valence-corrected chi connectivity index (χ3v) is 2.70. The Labute approximate surface area is 97.7 Å². The summed E-state index contributed by atoms with van der Waals surface area (Å²) in [5.74, 6) is 0. The molecule has 0 fully saturated rings. The molecule has 0 spiro atoms. The largest absolute Gasteiger partial charge is 0.394 e. The Hall–Kier alpha value is -2.14. The Morgan fingerprint density at radius 3 is 3.12 bits per heavy atom. The molecule has 0 aliphatic heterocycles. The van der Waals surface area contributed by atoms with E-state index in [9.17, 15) is 0 Å². The zero-order chi connectivity index (χ0) is 11.7. The molecule has 0 bridgehead atoms. The molecule has 17 heavy (non-hydrogen) atoms. The van der Waals surface area contributed by atoms with Crippen LogP contribution in [-0.4, -0.2) is 31.5 Å². The molecular formula is C12H12N4O. The number of nitrogens with one attached hydrogen (secondary N) is 1. The SMILES string of the molecule is OCCn1cc(-c2cnc3[nH]ccc3c2)cn1. The third kappa shape index (κ3) is 1.81. The van der Waals surface area contributed by atoms with Gasteiger partial charge < -0.3 is 10.1 Å². The molecule has 3 heterocycles. The summed E-state index contributed by atoms with van der Waals surface area (Å²) in [5, 5.41) is 14.1. The summed E-state index contributed by atoms with van der Waals surface area (Å²) in [5.41, 5.74) is 2.92. The van der Waals surface area contributed by atoms with E-state index in [1.54, 1.807) is 10.9 Å². The lowest BCUT2D eigenvalue weighted by Gasteiger charge is -1.97. The first kappa shape index (κ1) is 10.0. The van der Waals surface area contributed by atoms with Crippen molar-refractivity contribution in [3.8, 4) is 11.1 Å². The highest BCUT2D eigenvalue weighted by Gasteiger charge is 2.04. The van der Waals surface area contributed by atoms with Crippen LogP contribution in [0.5, 0.6) is 0 Å². The Morgan fingerprint density at radius 2 is 2.24 bits per heavy atom. The number of hydrogen-bond acceptors (Lipinski definition) is 3. The summed E-state index contributed by atoms with van der Waals surface area (Å²) < 4.78 is 1.72. The first-order chi connectivity index (χ1) is 8.36. The second-order valence-corrected chi connectivity index (χ2v) is 3.86. The fraction of sp³-hybridized carbons (Fsp3) is 0.167. The van der Waals surface area contributed by atoms with Gasteiger partial charge in [0.15, 0.2) is 0 Å². The van der Waals surface area contributed by atoms with Crippen LogP contribution in [0.3, 0.4) is 0 Å². The van der Waals surface area contributed by atoms with Crippen molar-refractivity contribution in [3.05, 3.63) is 36.9 Å². The number of H-pyrrole nitrogens is 1. The molecule has 0 aliphatic carbocycles. The van der Waals surface area contributed by atoms with Crippen LogP contribution in [0.1, 0.15) is 0 Å². The minimum absolute atomic E-state index is 0.0935. The van der Waals surface area contributed by atoms with Crippen LogP contribution in [0.2, 0.25) is 0 Å². The lowest BCUT2D eigenvalue weighted by atomic mass is 10.1. The van der Waals surface area contributed by atoms with Crippen molar-refractivity contribution in [2.75, 3.05) is 6.61 Å². The normalized spacial score (nSPS) is 11.1. The van der Waals surface area contributed by atoms with Crippen LogP contribution in [0.15, 0.2) is 36.9 Å². The highest BCUT2D eigenvalue weighted by atomic mass is 16.3. The van der Waals surface area contributed by atoms with E-state index in [-0.39, 0.29) is 6.61 Å². The van der Waals surface area contributed by atoms with Gasteiger partial charge in [0.1, 0.15) is 5.65 Å². The molecule has 3 aromatic rings. The number of aromatic nitrogens is 4. The first-order valence-corrected chi connectivity index (χ1v) is 5.43. The Morgan fingerprint density at radius 1 is 1.29 bits per heavy atom. The Kier molecular flexibility index (Phi) is 2.38. The number of nitrogens with zero attached hydrogens (tertiary/aromatic N) is 3. The van der Waals surface area contributed by atoms with Crippen molar-refractivity contribution in [1.82, 2.24) is 19.7 Å². The zero-order valence-corrected chi connectivity index (χ0v) is 9.17. The van der Waals surface area contributed by atoms with E-state index in [0.29, 0.717) is 6.54 Å². The lowest BCUT2D eigenvalue weighted by Crippen LogP contribution is -2.01. The highest BCUT2D eigenvalue weighted by Crippen LogP contribution is 2.21. The van der Waals surface area contributed by atoms with Crippen molar-refractivity contribution < 1.29 is 5.11 Å². The molecule has 0 saturated heterocycles. The van der Waals surface area contributed by atoms with E-state index in [2.05, 4.69) is 21.1 Å². The fourth-order valence-electron chi connectivity index (χ4n) is 1.84. The number of rotatable bonds is 3. The van der Waals surface area contributed by atoms with Crippen molar-refractivity contribution in [3.63, 3.8) is 0 Å². The average Bonchev–Trinajstić information content (AvgIpc) is 2.96. The monoisotopic (exact) mass is 228 g/mol. The summed E-state index contributed by atoms with van der Waals surface area (Å²) in [4.78, 5) is 7.39. The quantitative estimate of drug-likeness (QED) is 0.712. The maximum atomic E-state index is 8.84. The zero-order valence-electron chi connectivity index (χ0n) is 9.17. The van der Waals surface area contributed by atoms with Gasteiger partial charge in [0.05, 0.1) is 19.3 Å². The van der Waals surface area contributed by atoms with Gasteiger partial charge in [0.25, 0.3) is 0 Å². The van der Waals surface area contributed by atoms with Gasteiger partial charge in [-0.1, -0.05) is 0 Å². The highest BCUT2D eigenvalue weighted by molar-refractivity contribution is 5.80. The molecule has 86 valence electrons. The van der Waals surface area contributed by atoms with E-state index in [4.69, 9.17) is 5.11 Å². The van der Waals surface area contributed by atoms with E-state index in [1.807, 2.05) is 24.7 Å². The molecule has 0 aromatic carbocycles. The Bertz CT molecular complexity index is 641. The second-order valence-electron chi connectivity index (χ2n) is 3.86. The van der Waals surface area contributed by atoms with E-state index < -0.39 is 0 Å². The minimum atomic E-state index is 0.0935. The summed E-state index contributed by atoms with van der Waals surface area (Å²) in [6, 6.07) is 4.06. The van der Waals surface area contributed by atoms with E-state index >= 15 is 0 Å². The van der Waals surface area contributed by atoms with Crippen molar-refractivity contribution in [2.24, 2.45) is 0 Å². The molecule has 3 aromatic heterocycles. The average molecular weight is 228 g/mol. The fourth-order valence-corrected chi connectivity index (χ4v) is 1.84. The number of hydrogen-bond donors (Lipinski definition) is 2. The van der Waals surface area contributed by atoms with Crippen LogP contribution in [-0.2, 0) is 6.54 Å². The number of pyridine rings is 1. The Balaban J connectivity index is 2.00. The van der Waals surface area contributed by atoms with Gasteiger partial charge in [0, 0.05) is 35.1 Å². The summed E-state index contributed by atoms with van der Waals surface area (Å²) >= 11 is 0. The van der Waals surface area contributed by atoms with Crippen molar-refractivity contribution >= 4 is 11.0 Å². The van der Waals surface area contributed by atoms with Crippen LogP contribution >= 0.6 is 0 Å². The molecule has 0 radical (unpaired) electrons. The van der Waals surface area contributed by atoms with Gasteiger partial charge in [-0.25, -0.2) is 4.98 Å². The van der Waals surface area contributed by atoms with Crippen LogP contribution < -0.4 is 0 Å². The van der Waals surface area contributed by atoms with Gasteiger partial charge in [-0.2, -0.15) is 5.10 Å². The molecule has 0 unspecified atom stereocenters. The maximum Gasteiger partial charge on any atom is 0.137 e. The van der Waals surface area contributed by atoms with Crippen LogP contribution in [0.4, 0.5) is 0 Å². The lowest BCUT2D eigenvalue weighted by molar-refractivity contribution is 0.269. The number of aliphatic hydroxyl groups excluding tert-OH is 1. The van der Waals surface area contributed by atoms with Crippen molar-refractivity contribution in [1.29, 1.82) is 0 Å². The standard InChI is InChI=1S/C12H12N4O/c17-4-3-16-8-11(7-15-16)10-5-9-1-2-13-12(9)14-6-10/h1-2,5-8,17H,3-4H2,(H,13,14). The smallest absolute Gasteiger partial charge is 0.137 e. The predicted molar refractivity (Wildman–Crippen MR) is 64.4 cm³/mol. The maximum absolute atomic E-state index is 8.84. The summed E-state index contributed by atoms with van der Waals surface area (Å²) in [6.07, 6.45) is 7.38. The third-order valence-electron chi connectivity index (χ3n) is 2.70. The molecule has 5 nitrogen and oxygen atoms in total. The van der Waals surface area contributed by atoms with E-state index in [0.717, 1.165) is 22.2 Å². The van der Waals surface area contributed by atoms with E-state index in [1.165, 1.54) is 0 Å². The number of aromatic amines is 1. The molecule has 2 N–H and O–H groups in total. The van der Waals surface area contributed by atoms with Gasteiger partial charge in [-0.3, -0.25) is 4.68 Å². The first-order valence-electron chi connectivity index (χ1n) is 5.43. The molecule has 0 amide bonds. The molecule has 0 aliphatic rings. The van der Waals surface area contributed by atoms with Crippen LogP contribution in [0.25, 0.3) is 22.2 Å². The number of fused-ring (bicyclic) bond motifs is 1. The summed E-state index contributed by atoms with van der Waals surface area (Å²) in [6.45, 7) is 0.607.